The van der Waals surface area contributed by atoms with Crippen molar-refractivity contribution in [3.8, 4) is 5.75 Å². The van der Waals surface area contributed by atoms with Crippen LogP contribution >= 0.6 is 11.6 Å². The molecule has 170 valence electrons. The number of nitro groups is 1. The average molecular weight is 462 g/mol. The Morgan fingerprint density at radius 3 is 2.75 bits per heavy atom. The molecule has 11 heteroatoms. The molecule has 2 amide bonds. The number of carbonyl (C=O) groups is 2. The molecule has 2 unspecified atom stereocenters. The Labute approximate surface area is 190 Å². The van der Waals surface area contributed by atoms with Gasteiger partial charge in [0.2, 0.25) is 11.8 Å². The van der Waals surface area contributed by atoms with E-state index in [-0.39, 0.29) is 23.2 Å². The Balaban J connectivity index is 1.63. The molecule has 0 radical (unpaired) electrons. The first kappa shape index (κ1) is 23.4. The van der Waals surface area contributed by atoms with Crippen LogP contribution in [0, 0.1) is 16.0 Å². The SMILES string of the molecule is COc1ccc(NC(=O)C(C)N2CCCC(C(=O)Nc3ccc(Cl)cn3)C2)c([N+](=O)[O-])c1. The van der Waals surface area contributed by atoms with Crippen LogP contribution in [0.15, 0.2) is 36.5 Å². The number of methoxy groups -OCH3 is 1. The maximum atomic E-state index is 12.8. The highest BCUT2D eigenvalue weighted by molar-refractivity contribution is 6.30. The average Bonchev–Trinajstić information content (AvgIpc) is 2.80. The summed E-state index contributed by atoms with van der Waals surface area (Å²) >= 11 is 5.82. The molecule has 3 rings (SSSR count). The summed E-state index contributed by atoms with van der Waals surface area (Å²) in [5, 5.41) is 17.2. The molecule has 0 bridgehead atoms. The summed E-state index contributed by atoms with van der Waals surface area (Å²) < 4.78 is 5.02. The molecule has 1 saturated heterocycles. The predicted octanol–water partition coefficient (Wildman–Crippen LogP) is 3.33. The summed E-state index contributed by atoms with van der Waals surface area (Å²) in [7, 11) is 1.41. The number of benzene rings is 1. The minimum Gasteiger partial charge on any atom is -0.496 e. The Hall–Kier alpha value is -3.24. The highest BCUT2D eigenvalue weighted by atomic mass is 35.5. The van der Waals surface area contributed by atoms with Crippen molar-refractivity contribution < 1.29 is 19.2 Å². The predicted molar refractivity (Wildman–Crippen MR) is 120 cm³/mol. The number of nitro benzene ring substituents is 1. The minimum absolute atomic E-state index is 0.0905. The van der Waals surface area contributed by atoms with Crippen LogP contribution in [0.2, 0.25) is 5.02 Å². The Kier molecular flexibility index (Phi) is 7.60. The van der Waals surface area contributed by atoms with E-state index in [2.05, 4.69) is 15.6 Å². The summed E-state index contributed by atoms with van der Waals surface area (Å²) in [5.41, 5.74) is -0.163. The molecule has 1 aromatic heterocycles. The number of carbonyl (C=O) groups excluding carboxylic acids is 2. The van der Waals surface area contributed by atoms with Crippen LogP contribution in [-0.2, 0) is 9.59 Å². The van der Waals surface area contributed by atoms with Gasteiger partial charge in [-0.25, -0.2) is 4.98 Å². The van der Waals surface area contributed by atoms with Crippen molar-refractivity contribution in [2.45, 2.75) is 25.8 Å². The number of amides is 2. The number of pyridine rings is 1. The van der Waals surface area contributed by atoms with Crippen molar-refractivity contribution in [2.75, 3.05) is 30.8 Å². The number of halogens is 1. The van der Waals surface area contributed by atoms with E-state index in [1.165, 1.54) is 25.4 Å². The van der Waals surface area contributed by atoms with Gasteiger partial charge in [0, 0.05) is 12.7 Å². The molecule has 1 aliphatic rings. The summed E-state index contributed by atoms with van der Waals surface area (Å²) in [6, 6.07) is 6.92. The lowest BCUT2D eigenvalue weighted by Crippen LogP contribution is -2.49. The van der Waals surface area contributed by atoms with Crippen molar-refractivity contribution in [1.29, 1.82) is 0 Å². The van der Waals surface area contributed by atoms with Gasteiger partial charge in [0.15, 0.2) is 0 Å². The third-order valence-corrected chi connectivity index (χ3v) is 5.61. The first-order valence-corrected chi connectivity index (χ1v) is 10.5. The zero-order chi connectivity index (χ0) is 23.3. The number of aromatic nitrogens is 1. The van der Waals surface area contributed by atoms with Crippen LogP contribution in [0.1, 0.15) is 19.8 Å². The van der Waals surface area contributed by atoms with E-state index in [1.807, 2.05) is 4.90 Å². The molecule has 0 aliphatic carbocycles. The summed E-state index contributed by atoms with van der Waals surface area (Å²) in [6.45, 7) is 2.74. The number of hydrogen-bond acceptors (Lipinski definition) is 7. The van der Waals surface area contributed by atoms with Gasteiger partial charge in [-0.3, -0.25) is 24.6 Å². The molecule has 32 heavy (non-hydrogen) atoms. The van der Waals surface area contributed by atoms with E-state index in [1.54, 1.807) is 25.1 Å². The molecule has 1 fully saturated rings. The molecule has 2 aromatic rings. The molecule has 10 nitrogen and oxygen atoms in total. The van der Waals surface area contributed by atoms with Gasteiger partial charge in [0.25, 0.3) is 5.69 Å². The first-order valence-electron chi connectivity index (χ1n) is 10.1. The number of rotatable bonds is 7. The summed E-state index contributed by atoms with van der Waals surface area (Å²) in [4.78, 5) is 42.2. The Morgan fingerprint density at radius 1 is 1.31 bits per heavy atom. The number of anilines is 2. The van der Waals surface area contributed by atoms with E-state index in [9.17, 15) is 19.7 Å². The Bertz CT molecular complexity index is 1000. The van der Waals surface area contributed by atoms with Gasteiger partial charge >= 0.3 is 0 Å². The monoisotopic (exact) mass is 461 g/mol. The second-order valence-corrected chi connectivity index (χ2v) is 7.93. The third-order valence-electron chi connectivity index (χ3n) is 5.39. The van der Waals surface area contributed by atoms with Crippen LogP contribution < -0.4 is 15.4 Å². The summed E-state index contributed by atoms with van der Waals surface area (Å²) in [5.74, 6) is -0.148. The molecular formula is C21H24ClN5O5. The van der Waals surface area contributed by atoms with Gasteiger partial charge in [-0.05, 0) is 50.6 Å². The zero-order valence-electron chi connectivity index (χ0n) is 17.7. The smallest absolute Gasteiger partial charge is 0.296 e. The fourth-order valence-corrected chi connectivity index (χ4v) is 3.66. The topological polar surface area (TPSA) is 127 Å². The van der Waals surface area contributed by atoms with Crippen molar-refractivity contribution >= 4 is 40.6 Å². The molecule has 0 saturated carbocycles. The maximum Gasteiger partial charge on any atom is 0.296 e. The number of nitrogens with zero attached hydrogens (tertiary/aromatic N) is 3. The van der Waals surface area contributed by atoms with E-state index in [0.29, 0.717) is 36.1 Å². The number of piperidine rings is 1. The lowest BCUT2D eigenvalue weighted by atomic mass is 9.96. The van der Waals surface area contributed by atoms with Gasteiger partial charge in [-0.2, -0.15) is 0 Å². The molecule has 2 atom stereocenters. The second-order valence-electron chi connectivity index (χ2n) is 7.49. The quantitative estimate of drug-likeness (QED) is 0.478. The van der Waals surface area contributed by atoms with E-state index in [4.69, 9.17) is 16.3 Å². The molecule has 1 aliphatic heterocycles. The Morgan fingerprint density at radius 2 is 2.09 bits per heavy atom. The normalized spacial score (nSPS) is 17.3. The van der Waals surface area contributed by atoms with Gasteiger partial charge in [-0.15, -0.1) is 0 Å². The molecule has 2 heterocycles. The second kappa shape index (κ2) is 10.4. The summed E-state index contributed by atoms with van der Waals surface area (Å²) in [6.07, 6.45) is 2.88. The van der Waals surface area contributed by atoms with Crippen LogP contribution in [0.4, 0.5) is 17.2 Å². The third kappa shape index (κ3) is 5.71. The van der Waals surface area contributed by atoms with Crippen molar-refractivity contribution in [3.05, 3.63) is 51.7 Å². The van der Waals surface area contributed by atoms with E-state index < -0.39 is 16.9 Å². The fraction of sp³-hybridized carbons (Fsp3) is 0.381. The van der Waals surface area contributed by atoms with Crippen molar-refractivity contribution in [2.24, 2.45) is 5.92 Å². The number of hydrogen-bond donors (Lipinski definition) is 2. The van der Waals surface area contributed by atoms with Crippen molar-refractivity contribution in [3.63, 3.8) is 0 Å². The maximum absolute atomic E-state index is 12.8. The minimum atomic E-state index is -0.582. The van der Waals surface area contributed by atoms with E-state index >= 15 is 0 Å². The van der Waals surface area contributed by atoms with Crippen LogP contribution in [-0.4, -0.2) is 52.9 Å². The van der Waals surface area contributed by atoms with Gasteiger partial charge in [0.05, 0.1) is 35.1 Å². The largest absolute Gasteiger partial charge is 0.496 e. The van der Waals surface area contributed by atoms with Crippen LogP contribution in [0.25, 0.3) is 0 Å². The lowest BCUT2D eigenvalue weighted by molar-refractivity contribution is -0.384. The highest BCUT2D eigenvalue weighted by Crippen LogP contribution is 2.29. The zero-order valence-corrected chi connectivity index (χ0v) is 18.5. The number of likely N-dealkylation sites (tertiary alicyclic amines) is 1. The van der Waals surface area contributed by atoms with Crippen LogP contribution in [0.5, 0.6) is 5.75 Å². The van der Waals surface area contributed by atoms with Gasteiger partial charge < -0.3 is 15.4 Å². The first-order chi connectivity index (χ1) is 15.3. The van der Waals surface area contributed by atoms with Gasteiger partial charge in [-0.1, -0.05) is 11.6 Å². The number of nitrogens with one attached hydrogen (secondary N) is 2. The lowest BCUT2D eigenvalue weighted by Gasteiger charge is -2.35. The molecule has 0 spiro atoms. The van der Waals surface area contributed by atoms with Gasteiger partial charge in [0.1, 0.15) is 17.3 Å². The van der Waals surface area contributed by atoms with Crippen LogP contribution in [0.3, 0.4) is 0 Å². The highest BCUT2D eigenvalue weighted by Gasteiger charge is 2.31. The fourth-order valence-electron chi connectivity index (χ4n) is 3.55. The standard InChI is InChI=1S/C21H24ClN5O5/c1-13(20(28)24-17-7-6-16(32-2)10-18(17)27(30)31)26-9-3-4-14(12-26)21(29)25-19-8-5-15(22)11-23-19/h5-8,10-11,13-14H,3-4,9,12H2,1-2H3,(H,24,28)(H,23,25,29). The molecular weight excluding hydrogens is 438 g/mol. The number of ether oxygens (including phenoxy) is 1. The van der Waals surface area contributed by atoms with E-state index in [0.717, 1.165) is 6.42 Å². The molecule has 1 aromatic carbocycles. The van der Waals surface area contributed by atoms with Crippen molar-refractivity contribution in [1.82, 2.24) is 9.88 Å². The molecule has 2 N–H and O–H groups in total.